The molecule has 0 aliphatic carbocycles. The van der Waals surface area contributed by atoms with Crippen LogP contribution in [-0.2, 0) is 7.05 Å². The van der Waals surface area contributed by atoms with Crippen LogP contribution in [0.15, 0.2) is 0 Å². The number of rotatable bonds is 1. The van der Waals surface area contributed by atoms with Crippen molar-refractivity contribution in [2.75, 3.05) is 24.5 Å². The van der Waals surface area contributed by atoms with E-state index < -0.39 is 0 Å². The van der Waals surface area contributed by atoms with Gasteiger partial charge in [0, 0.05) is 32.2 Å². The van der Waals surface area contributed by atoms with Crippen LogP contribution in [0.3, 0.4) is 0 Å². The molecule has 2 atom stereocenters. The van der Waals surface area contributed by atoms with Gasteiger partial charge in [0.1, 0.15) is 17.5 Å². The van der Waals surface area contributed by atoms with Crippen LogP contribution < -0.4 is 4.90 Å². The molecular weight excluding hydrogens is 238 g/mol. The molecule has 1 aromatic rings. The number of hydrogen-bond donors (Lipinski definition) is 0. The Labute approximate surface area is 114 Å². The summed E-state index contributed by atoms with van der Waals surface area (Å²) in [6, 6.07) is 3.42. The molecule has 19 heavy (non-hydrogen) atoms. The molecular formula is C14H21N5. The van der Waals surface area contributed by atoms with Gasteiger partial charge in [-0.1, -0.05) is 0 Å². The van der Waals surface area contributed by atoms with Gasteiger partial charge in [0.2, 0.25) is 0 Å². The zero-order valence-corrected chi connectivity index (χ0v) is 11.9. The van der Waals surface area contributed by atoms with Crippen molar-refractivity contribution in [1.82, 2.24) is 14.7 Å². The van der Waals surface area contributed by atoms with Crippen LogP contribution in [0.4, 0.5) is 5.82 Å². The SMILES string of the molecule is Cc1nn(C)c(N2CC3CCCN3CC2C)c1C#N. The van der Waals surface area contributed by atoms with E-state index in [4.69, 9.17) is 0 Å². The number of piperazine rings is 1. The molecule has 2 aliphatic heterocycles. The van der Waals surface area contributed by atoms with Crippen LogP contribution in [0, 0.1) is 18.3 Å². The third kappa shape index (κ3) is 1.91. The van der Waals surface area contributed by atoms with Crippen molar-refractivity contribution < 1.29 is 0 Å². The first kappa shape index (κ1) is 12.5. The first-order valence-electron chi connectivity index (χ1n) is 7.06. The molecule has 0 aromatic carbocycles. The Morgan fingerprint density at radius 3 is 2.89 bits per heavy atom. The van der Waals surface area contributed by atoms with Gasteiger partial charge in [0.05, 0.1) is 5.69 Å². The van der Waals surface area contributed by atoms with Crippen molar-refractivity contribution in [3.63, 3.8) is 0 Å². The van der Waals surface area contributed by atoms with E-state index in [0.717, 1.165) is 30.2 Å². The maximum absolute atomic E-state index is 9.38. The molecule has 5 nitrogen and oxygen atoms in total. The topological polar surface area (TPSA) is 48.1 Å². The fraction of sp³-hybridized carbons (Fsp3) is 0.714. The van der Waals surface area contributed by atoms with Crippen molar-refractivity contribution in [3.05, 3.63) is 11.3 Å². The van der Waals surface area contributed by atoms with Gasteiger partial charge in [-0.3, -0.25) is 9.58 Å². The van der Waals surface area contributed by atoms with E-state index in [1.807, 2.05) is 18.7 Å². The van der Waals surface area contributed by atoms with E-state index in [0.29, 0.717) is 12.1 Å². The van der Waals surface area contributed by atoms with Crippen LogP contribution in [0.2, 0.25) is 0 Å². The highest BCUT2D eigenvalue weighted by atomic mass is 15.4. The van der Waals surface area contributed by atoms with E-state index >= 15 is 0 Å². The first-order chi connectivity index (χ1) is 9.11. The molecule has 0 spiro atoms. The summed E-state index contributed by atoms with van der Waals surface area (Å²) in [4.78, 5) is 4.97. The number of aryl methyl sites for hydroxylation is 2. The molecule has 102 valence electrons. The minimum absolute atomic E-state index is 0.441. The molecule has 0 saturated carbocycles. The molecule has 5 heteroatoms. The summed E-state index contributed by atoms with van der Waals surface area (Å²) in [5.74, 6) is 0.999. The van der Waals surface area contributed by atoms with Gasteiger partial charge in [-0.15, -0.1) is 0 Å². The smallest absolute Gasteiger partial charge is 0.145 e. The Morgan fingerprint density at radius 2 is 2.16 bits per heavy atom. The highest BCUT2D eigenvalue weighted by Crippen LogP contribution is 2.31. The highest BCUT2D eigenvalue weighted by Gasteiger charge is 2.36. The zero-order valence-electron chi connectivity index (χ0n) is 11.9. The van der Waals surface area contributed by atoms with Gasteiger partial charge >= 0.3 is 0 Å². The largest absolute Gasteiger partial charge is 0.350 e. The highest BCUT2D eigenvalue weighted by molar-refractivity contribution is 5.58. The molecule has 0 amide bonds. The number of aromatic nitrogens is 2. The third-order valence-corrected chi connectivity index (χ3v) is 4.51. The minimum atomic E-state index is 0.441. The van der Waals surface area contributed by atoms with Gasteiger partial charge in [-0.25, -0.2) is 0 Å². The van der Waals surface area contributed by atoms with Crippen LogP contribution in [-0.4, -0.2) is 46.4 Å². The maximum Gasteiger partial charge on any atom is 0.145 e. The number of hydrogen-bond acceptors (Lipinski definition) is 4. The van der Waals surface area contributed by atoms with E-state index in [9.17, 15) is 5.26 Å². The lowest BCUT2D eigenvalue weighted by Crippen LogP contribution is -2.55. The summed E-state index contributed by atoms with van der Waals surface area (Å²) in [6.07, 6.45) is 2.59. The Kier molecular flexibility index (Phi) is 2.98. The number of anilines is 1. The van der Waals surface area contributed by atoms with E-state index in [1.54, 1.807) is 0 Å². The lowest BCUT2D eigenvalue weighted by atomic mass is 10.1. The molecule has 3 heterocycles. The van der Waals surface area contributed by atoms with Crippen molar-refractivity contribution in [2.45, 2.75) is 38.8 Å². The molecule has 1 aromatic heterocycles. The van der Waals surface area contributed by atoms with E-state index in [-0.39, 0.29) is 0 Å². The lowest BCUT2D eigenvalue weighted by Gasteiger charge is -2.43. The molecule has 0 radical (unpaired) electrons. The summed E-state index contributed by atoms with van der Waals surface area (Å²) >= 11 is 0. The second-order valence-corrected chi connectivity index (χ2v) is 5.81. The average Bonchev–Trinajstić information content (AvgIpc) is 2.91. The summed E-state index contributed by atoms with van der Waals surface area (Å²) in [6.45, 7) is 7.52. The standard InChI is InChI=1S/C14H21N5/c1-10-8-18-6-4-5-12(18)9-19(10)14-13(7-15)11(2)16-17(14)3/h10,12H,4-6,8-9H2,1-3H3. The quantitative estimate of drug-likeness (QED) is 0.762. The Hall–Kier alpha value is -1.54. The third-order valence-electron chi connectivity index (χ3n) is 4.51. The van der Waals surface area contributed by atoms with Crippen molar-refractivity contribution in [1.29, 1.82) is 5.26 Å². The second-order valence-electron chi connectivity index (χ2n) is 5.81. The van der Waals surface area contributed by atoms with Gasteiger partial charge in [0.25, 0.3) is 0 Å². The fourth-order valence-corrected chi connectivity index (χ4v) is 3.59. The number of nitrogens with zero attached hydrogens (tertiary/aromatic N) is 5. The molecule has 0 bridgehead atoms. The first-order valence-corrected chi connectivity index (χ1v) is 7.06. The fourth-order valence-electron chi connectivity index (χ4n) is 3.59. The Bertz CT molecular complexity index is 527. The minimum Gasteiger partial charge on any atom is -0.350 e. The lowest BCUT2D eigenvalue weighted by molar-refractivity contribution is 0.201. The van der Waals surface area contributed by atoms with Crippen molar-refractivity contribution in [2.24, 2.45) is 7.05 Å². The van der Waals surface area contributed by atoms with Crippen LogP contribution in [0.1, 0.15) is 31.0 Å². The van der Waals surface area contributed by atoms with Crippen LogP contribution in [0.5, 0.6) is 0 Å². The van der Waals surface area contributed by atoms with Gasteiger partial charge in [-0.05, 0) is 33.2 Å². The summed E-state index contributed by atoms with van der Waals surface area (Å²) < 4.78 is 1.87. The van der Waals surface area contributed by atoms with Gasteiger partial charge in [-0.2, -0.15) is 10.4 Å². The van der Waals surface area contributed by atoms with Crippen molar-refractivity contribution >= 4 is 5.82 Å². The Morgan fingerprint density at radius 1 is 1.37 bits per heavy atom. The van der Waals surface area contributed by atoms with E-state index in [2.05, 4.69) is 27.9 Å². The normalized spacial score (nSPS) is 27.4. The van der Waals surface area contributed by atoms with Crippen LogP contribution >= 0.6 is 0 Å². The van der Waals surface area contributed by atoms with Crippen molar-refractivity contribution in [3.8, 4) is 6.07 Å². The molecule has 2 aliphatic rings. The van der Waals surface area contributed by atoms with Gasteiger partial charge in [0.15, 0.2) is 0 Å². The summed E-state index contributed by atoms with van der Waals surface area (Å²) in [7, 11) is 1.94. The second kappa shape index (κ2) is 4.53. The maximum atomic E-state index is 9.38. The molecule has 2 saturated heterocycles. The molecule has 2 unspecified atom stereocenters. The zero-order chi connectivity index (χ0) is 13.6. The Balaban J connectivity index is 1.96. The van der Waals surface area contributed by atoms with Gasteiger partial charge < -0.3 is 4.90 Å². The summed E-state index contributed by atoms with van der Waals surface area (Å²) in [5.41, 5.74) is 1.57. The predicted octanol–water partition coefficient (Wildman–Crippen LogP) is 1.27. The van der Waals surface area contributed by atoms with Crippen LogP contribution in [0.25, 0.3) is 0 Å². The molecule has 2 fully saturated rings. The number of fused-ring (bicyclic) bond motifs is 1. The average molecular weight is 259 g/mol. The number of nitriles is 1. The summed E-state index contributed by atoms with van der Waals surface area (Å²) in [5, 5.41) is 13.8. The predicted molar refractivity (Wildman–Crippen MR) is 74.1 cm³/mol. The molecule has 3 rings (SSSR count). The molecule has 0 N–H and O–H groups in total. The monoisotopic (exact) mass is 259 g/mol. The van der Waals surface area contributed by atoms with E-state index in [1.165, 1.54) is 19.4 Å².